The van der Waals surface area contributed by atoms with Gasteiger partial charge in [0.25, 0.3) is 0 Å². The van der Waals surface area contributed by atoms with Gasteiger partial charge in [0.15, 0.2) is 0 Å². The van der Waals surface area contributed by atoms with Gasteiger partial charge in [-0.2, -0.15) is 0 Å². The lowest BCUT2D eigenvalue weighted by molar-refractivity contribution is -0.0119. The van der Waals surface area contributed by atoms with Crippen molar-refractivity contribution in [3.63, 3.8) is 0 Å². The molecule has 108 valence electrons. The molecule has 0 amide bonds. The Morgan fingerprint density at radius 1 is 1.26 bits per heavy atom. The van der Waals surface area contributed by atoms with E-state index in [0.717, 1.165) is 23.6 Å². The molecule has 0 saturated carbocycles. The topological polar surface area (TPSA) is 21.3 Å². The van der Waals surface area contributed by atoms with Gasteiger partial charge in [0.1, 0.15) is 0 Å². The summed E-state index contributed by atoms with van der Waals surface area (Å²) in [7, 11) is 1.77. The quantitative estimate of drug-likeness (QED) is 0.833. The summed E-state index contributed by atoms with van der Waals surface area (Å²) in [6, 6.07) is 8.11. The molecule has 0 spiro atoms. The molecular weight excluding hydrogens is 258 g/mol. The van der Waals surface area contributed by atoms with Crippen LogP contribution in [0.2, 0.25) is 5.02 Å². The predicted octanol–water partition coefficient (Wildman–Crippen LogP) is 4.44. The van der Waals surface area contributed by atoms with E-state index < -0.39 is 0 Å². The molecule has 0 heterocycles. The zero-order valence-corrected chi connectivity index (χ0v) is 13.4. The van der Waals surface area contributed by atoms with Gasteiger partial charge in [-0.05, 0) is 30.0 Å². The second kappa shape index (κ2) is 7.28. The van der Waals surface area contributed by atoms with Crippen molar-refractivity contribution < 1.29 is 4.74 Å². The van der Waals surface area contributed by atoms with Crippen LogP contribution in [0.3, 0.4) is 0 Å². The van der Waals surface area contributed by atoms with Crippen LogP contribution in [0.1, 0.15) is 45.7 Å². The van der Waals surface area contributed by atoms with Crippen molar-refractivity contribution in [3.8, 4) is 0 Å². The fraction of sp³-hybridized carbons (Fsp3) is 0.625. The van der Waals surface area contributed by atoms with Gasteiger partial charge in [0.2, 0.25) is 0 Å². The van der Waals surface area contributed by atoms with Crippen LogP contribution in [0.4, 0.5) is 0 Å². The molecule has 1 aromatic rings. The van der Waals surface area contributed by atoms with Gasteiger partial charge >= 0.3 is 0 Å². The summed E-state index contributed by atoms with van der Waals surface area (Å²) in [5.74, 6) is 0. The van der Waals surface area contributed by atoms with E-state index in [2.05, 4.69) is 39.1 Å². The van der Waals surface area contributed by atoms with Gasteiger partial charge < -0.3 is 10.1 Å². The van der Waals surface area contributed by atoms with Gasteiger partial charge in [0, 0.05) is 12.1 Å². The molecule has 0 aromatic heterocycles. The summed E-state index contributed by atoms with van der Waals surface area (Å²) >= 11 is 6.35. The average Bonchev–Trinajstić information content (AvgIpc) is 2.34. The van der Waals surface area contributed by atoms with Crippen LogP contribution in [0.25, 0.3) is 0 Å². The highest BCUT2D eigenvalue weighted by molar-refractivity contribution is 6.31. The number of hydrogen-bond acceptors (Lipinski definition) is 2. The summed E-state index contributed by atoms with van der Waals surface area (Å²) < 4.78 is 5.76. The van der Waals surface area contributed by atoms with Gasteiger partial charge in [-0.15, -0.1) is 0 Å². The highest BCUT2D eigenvalue weighted by Gasteiger charge is 2.33. The number of rotatable bonds is 6. The molecule has 1 N–H and O–H groups in total. The molecule has 2 nitrogen and oxygen atoms in total. The van der Waals surface area contributed by atoms with Gasteiger partial charge in [-0.3, -0.25) is 0 Å². The lowest BCUT2D eigenvalue weighted by Crippen LogP contribution is -2.41. The lowest BCUT2D eigenvalue weighted by Gasteiger charge is -2.37. The third-order valence-corrected chi connectivity index (χ3v) is 3.61. The fourth-order valence-corrected chi connectivity index (χ4v) is 2.65. The van der Waals surface area contributed by atoms with Crippen LogP contribution in [-0.2, 0) is 4.74 Å². The number of methoxy groups -OCH3 is 1. The second-order valence-electron chi connectivity index (χ2n) is 5.98. The SMILES string of the molecule is CCCNC(c1ccccc1Cl)C(OC)C(C)(C)C. The standard InChI is InChI=1S/C16H26ClNO/c1-6-11-18-14(15(19-5)16(2,3)4)12-9-7-8-10-13(12)17/h7-10,14-15,18H,6,11H2,1-5H3. The van der Waals surface area contributed by atoms with E-state index in [1.165, 1.54) is 0 Å². The van der Waals surface area contributed by atoms with E-state index in [1.54, 1.807) is 7.11 Å². The molecule has 0 bridgehead atoms. The van der Waals surface area contributed by atoms with E-state index >= 15 is 0 Å². The van der Waals surface area contributed by atoms with Crippen molar-refractivity contribution in [1.82, 2.24) is 5.32 Å². The molecular formula is C16H26ClNO. The summed E-state index contributed by atoms with van der Waals surface area (Å²) in [6.45, 7) is 9.69. The fourth-order valence-electron chi connectivity index (χ4n) is 2.40. The Hall–Kier alpha value is -0.570. The largest absolute Gasteiger partial charge is 0.379 e. The maximum Gasteiger partial charge on any atom is 0.0814 e. The molecule has 19 heavy (non-hydrogen) atoms. The van der Waals surface area contributed by atoms with Crippen LogP contribution in [-0.4, -0.2) is 19.8 Å². The van der Waals surface area contributed by atoms with Crippen molar-refractivity contribution in [2.45, 2.75) is 46.3 Å². The maximum absolute atomic E-state index is 6.35. The van der Waals surface area contributed by atoms with E-state index in [9.17, 15) is 0 Å². The van der Waals surface area contributed by atoms with Crippen LogP contribution < -0.4 is 5.32 Å². The van der Waals surface area contributed by atoms with Crippen molar-refractivity contribution in [3.05, 3.63) is 34.9 Å². The Balaban J connectivity index is 3.10. The van der Waals surface area contributed by atoms with E-state index in [0.29, 0.717) is 0 Å². The highest BCUT2D eigenvalue weighted by atomic mass is 35.5. The van der Waals surface area contributed by atoms with Gasteiger partial charge in [-0.1, -0.05) is 57.5 Å². The Morgan fingerprint density at radius 2 is 1.89 bits per heavy atom. The third-order valence-electron chi connectivity index (χ3n) is 3.26. The molecule has 2 atom stereocenters. The molecule has 0 radical (unpaired) electrons. The average molecular weight is 284 g/mol. The number of nitrogens with one attached hydrogen (secondary N) is 1. The second-order valence-corrected chi connectivity index (χ2v) is 6.38. The summed E-state index contributed by atoms with van der Waals surface area (Å²) in [5.41, 5.74) is 1.15. The van der Waals surface area contributed by atoms with Crippen molar-refractivity contribution >= 4 is 11.6 Å². The molecule has 0 aliphatic heterocycles. The first kappa shape index (κ1) is 16.5. The van der Waals surface area contributed by atoms with E-state index in [-0.39, 0.29) is 17.6 Å². The highest BCUT2D eigenvalue weighted by Crippen LogP contribution is 2.35. The molecule has 1 rings (SSSR count). The van der Waals surface area contributed by atoms with Crippen molar-refractivity contribution in [2.24, 2.45) is 5.41 Å². The monoisotopic (exact) mass is 283 g/mol. The van der Waals surface area contributed by atoms with Crippen molar-refractivity contribution in [2.75, 3.05) is 13.7 Å². The predicted molar refractivity (Wildman–Crippen MR) is 82.7 cm³/mol. The third kappa shape index (κ3) is 4.48. The molecule has 0 aliphatic carbocycles. The first-order valence-electron chi connectivity index (χ1n) is 6.92. The minimum Gasteiger partial charge on any atom is -0.379 e. The lowest BCUT2D eigenvalue weighted by atomic mass is 9.82. The minimum absolute atomic E-state index is 0.0410. The minimum atomic E-state index is 0.0410. The molecule has 3 heteroatoms. The Labute approximate surface area is 122 Å². The van der Waals surface area contributed by atoms with E-state index in [1.807, 2.05) is 18.2 Å². The zero-order chi connectivity index (χ0) is 14.5. The summed E-state index contributed by atoms with van der Waals surface area (Å²) in [6.07, 6.45) is 1.15. The molecule has 0 fully saturated rings. The maximum atomic E-state index is 6.35. The first-order valence-corrected chi connectivity index (χ1v) is 7.30. The molecule has 2 unspecified atom stereocenters. The zero-order valence-electron chi connectivity index (χ0n) is 12.7. The number of benzene rings is 1. The van der Waals surface area contributed by atoms with Crippen LogP contribution >= 0.6 is 11.6 Å². The van der Waals surface area contributed by atoms with Crippen molar-refractivity contribution in [1.29, 1.82) is 0 Å². The summed E-state index contributed by atoms with van der Waals surface area (Å²) in [5, 5.41) is 4.37. The Kier molecular flexibility index (Phi) is 6.31. The van der Waals surface area contributed by atoms with E-state index in [4.69, 9.17) is 16.3 Å². The Morgan fingerprint density at radius 3 is 2.37 bits per heavy atom. The molecule has 1 aromatic carbocycles. The Bertz CT molecular complexity index is 387. The number of ether oxygens (including phenoxy) is 1. The number of halogens is 1. The van der Waals surface area contributed by atoms with Gasteiger partial charge in [0.05, 0.1) is 12.1 Å². The van der Waals surface area contributed by atoms with Gasteiger partial charge in [-0.25, -0.2) is 0 Å². The summed E-state index contributed by atoms with van der Waals surface area (Å²) in [4.78, 5) is 0. The molecule has 0 aliphatic rings. The number of hydrogen-bond donors (Lipinski definition) is 1. The molecule has 0 saturated heterocycles. The normalized spacial score (nSPS) is 15.3. The smallest absolute Gasteiger partial charge is 0.0814 e. The first-order chi connectivity index (χ1) is 8.91. The van der Waals surface area contributed by atoms with Crippen LogP contribution in [0.5, 0.6) is 0 Å². The van der Waals surface area contributed by atoms with Crippen LogP contribution in [0.15, 0.2) is 24.3 Å². The van der Waals surface area contributed by atoms with Crippen LogP contribution in [0, 0.1) is 5.41 Å².